The number of fused-ring (bicyclic) bond motifs is 2. The molecule has 0 spiro atoms. The van der Waals surface area contributed by atoms with Gasteiger partial charge in [0.05, 0.1) is 53.2 Å². The fourth-order valence-corrected chi connectivity index (χ4v) is 7.28. The van der Waals surface area contributed by atoms with Gasteiger partial charge in [-0.3, -0.25) is 9.36 Å². The molecule has 6 rings (SSSR count). The van der Waals surface area contributed by atoms with Crippen LogP contribution in [0.5, 0.6) is 11.5 Å². The summed E-state index contributed by atoms with van der Waals surface area (Å²) in [6.45, 7) is 5.97. The van der Waals surface area contributed by atoms with Gasteiger partial charge in [0.15, 0.2) is 26.5 Å². The molecule has 2 aromatic carbocycles. The van der Waals surface area contributed by atoms with Crippen LogP contribution in [0.1, 0.15) is 38.1 Å². The van der Waals surface area contributed by atoms with E-state index in [4.69, 9.17) is 18.6 Å². The number of hydrogen-bond donors (Lipinski definition) is 1. The van der Waals surface area contributed by atoms with Crippen LogP contribution < -0.4 is 24.4 Å². The molecule has 0 radical (unpaired) electrons. The van der Waals surface area contributed by atoms with E-state index in [2.05, 4.69) is 30.9 Å². The number of carbonyl (C=O) groups is 1. The number of para-hydroxylation sites is 2. The van der Waals surface area contributed by atoms with Crippen molar-refractivity contribution >= 4 is 62.1 Å². The molecule has 3 aromatic heterocycles. The van der Waals surface area contributed by atoms with Crippen molar-refractivity contribution in [2.24, 2.45) is 4.99 Å². The summed E-state index contributed by atoms with van der Waals surface area (Å²) in [6, 6.07) is 14.1. The van der Waals surface area contributed by atoms with E-state index in [-0.39, 0.29) is 17.7 Å². The van der Waals surface area contributed by atoms with Crippen LogP contribution in [0.3, 0.4) is 0 Å². The highest BCUT2D eigenvalue weighted by molar-refractivity contribution is 9.10. The third kappa shape index (κ3) is 5.62. The normalized spacial score (nSPS) is 14.9. The van der Waals surface area contributed by atoms with Gasteiger partial charge in [-0.1, -0.05) is 39.4 Å². The topological polar surface area (TPSA) is 121 Å². The lowest BCUT2D eigenvalue weighted by atomic mass is 9.95. The third-order valence-electron chi connectivity index (χ3n) is 6.83. The van der Waals surface area contributed by atoms with Crippen LogP contribution >= 0.6 is 39.0 Å². The zero-order chi connectivity index (χ0) is 31.0. The number of imidazole rings is 1. The molecular formula is C31H27BrN4O6S2. The Morgan fingerprint density at radius 3 is 2.75 bits per heavy atom. The fourth-order valence-electron chi connectivity index (χ4n) is 4.94. The Balaban J connectivity index is 1.43. The summed E-state index contributed by atoms with van der Waals surface area (Å²) in [5.74, 6) is 0.947. The van der Waals surface area contributed by atoms with Crippen molar-refractivity contribution in [2.75, 3.05) is 20.3 Å². The molecule has 1 atom stereocenters. The Hall–Kier alpha value is -4.07. The lowest BCUT2D eigenvalue weighted by molar-refractivity contribution is -0.139. The van der Waals surface area contributed by atoms with E-state index in [1.54, 1.807) is 45.2 Å². The Bertz CT molecular complexity index is 2080. The van der Waals surface area contributed by atoms with Crippen molar-refractivity contribution in [1.29, 1.82) is 0 Å². The summed E-state index contributed by atoms with van der Waals surface area (Å²) in [7, 11) is 1.54. The van der Waals surface area contributed by atoms with E-state index >= 15 is 0 Å². The first-order valence-electron chi connectivity index (χ1n) is 13.7. The van der Waals surface area contributed by atoms with Crippen LogP contribution in [0.4, 0.5) is 0 Å². The van der Waals surface area contributed by atoms with Crippen LogP contribution in [0, 0.1) is 0 Å². The number of allylic oxidation sites excluding steroid dienone is 1. The standard InChI is InChI=1S/C31H27BrN4O6S2/c1-5-40-23-15-19(32)18(14-22(23)39-4)27-26(29(38)41-6-2)16(3)33-31-36(27)28(37)24(43-31)13-17-11-12-25(42-17)44-30-34-20-9-7-8-10-21(20)35-30/h7-15,27H,5-6H2,1-4H3,(H,34,35)/b24-13+/t27-/m0/s1. The number of esters is 1. The molecule has 0 aliphatic carbocycles. The fraction of sp³-hybridized carbons (Fsp3) is 0.226. The van der Waals surface area contributed by atoms with Gasteiger partial charge in [-0.15, -0.1) is 0 Å². The molecule has 1 aliphatic rings. The molecule has 226 valence electrons. The van der Waals surface area contributed by atoms with E-state index in [1.807, 2.05) is 37.3 Å². The first-order valence-corrected chi connectivity index (χ1v) is 16.2. The molecule has 0 unspecified atom stereocenters. The summed E-state index contributed by atoms with van der Waals surface area (Å²) in [4.78, 5) is 40.3. The molecule has 10 nitrogen and oxygen atoms in total. The Morgan fingerprint density at radius 1 is 1.18 bits per heavy atom. The van der Waals surface area contributed by atoms with Gasteiger partial charge in [-0.2, -0.15) is 0 Å². The lowest BCUT2D eigenvalue weighted by Gasteiger charge is -2.26. The Kier molecular flexibility index (Phi) is 8.52. The third-order valence-corrected chi connectivity index (χ3v) is 9.31. The van der Waals surface area contributed by atoms with E-state index in [9.17, 15) is 9.59 Å². The summed E-state index contributed by atoms with van der Waals surface area (Å²) in [5.41, 5.74) is 2.83. The monoisotopic (exact) mass is 694 g/mol. The summed E-state index contributed by atoms with van der Waals surface area (Å²) >= 11 is 6.21. The molecule has 1 aliphatic heterocycles. The number of hydrogen-bond acceptors (Lipinski definition) is 10. The van der Waals surface area contributed by atoms with Crippen LogP contribution in [-0.2, 0) is 9.53 Å². The SMILES string of the molecule is CCOC(=O)C1=C(C)N=c2s/c(=C/c3ccc(Sc4nc5ccccc5[nH]4)o3)c(=O)n2[C@H]1c1cc(OC)c(OCC)cc1Br. The number of methoxy groups -OCH3 is 1. The van der Waals surface area contributed by atoms with Crippen molar-refractivity contribution in [1.82, 2.24) is 14.5 Å². The molecular weight excluding hydrogens is 668 g/mol. The van der Waals surface area contributed by atoms with E-state index in [0.717, 1.165) is 11.0 Å². The van der Waals surface area contributed by atoms with Crippen molar-refractivity contribution in [3.63, 3.8) is 0 Å². The predicted octanol–water partition coefficient (Wildman–Crippen LogP) is 5.59. The number of H-pyrrole nitrogens is 1. The zero-order valence-electron chi connectivity index (χ0n) is 24.2. The quantitative estimate of drug-likeness (QED) is 0.198. The minimum absolute atomic E-state index is 0.174. The molecule has 0 saturated heterocycles. The number of carbonyl (C=O) groups excluding carboxylic acids is 1. The largest absolute Gasteiger partial charge is 0.493 e. The second-order valence-electron chi connectivity index (χ2n) is 9.58. The number of nitrogens with zero attached hydrogens (tertiary/aromatic N) is 3. The maximum absolute atomic E-state index is 14.0. The van der Waals surface area contributed by atoms with Gasteiger partial charge in [0.1, 0.15) is 5.76 Å². The van der Waals surface area contributed by atoms with Gasteiger partial charge in [0, 0.05) is 10.5 Å². The number of nitrogens with one attached hydrogen (secondary N) is 1. The first kappa shape index (κ1) is 30.0. The number of aromatic nitrogens is 3. The summed E-state index contributed by atoms with van der Waals surface area (Å²) in [5, 5.41) is 1.32. The Labute approximate surface area is 268 Å². The second-order valence-corrected chi connectivity index (χ2v) is 12.4. The van der Waals surface area contributed by atoms with Crippen molar-refractivity contribution in [2.45, 2.75) is 37.1 Å². The highest BCUT2D eigenvalue weighted by Gasteiger charge is 2.35. The van der Waals surface area contributed by atoms with E-state index in [0.29, 0.717) is 59.2 Å². The van der Waals surface area contributed by atoms with Crippen molar-refractivity contribution < 1.29 is 23.4 Å². The smallest absolute Gasteiger partial charge is 0.338 e. The molecule has 44 heavy (non-hydrogen) atoms. The van der Waals surface area contributed by atoms with E-state index < -0.39 is 12.0 Å². The van der Waals surface area contributed by atoms with Gasteiger partial charge in [-0.25, -0.2) is 14.8 Å². The number of furan rings is 1. The molecule has 5 aromatic rings. The van der Waals surface area contributed by atoms with Crippen LogP contribution in [0.15, 0.2) is 88.7 Å². The summed E-state index contributed by atoms with van der Waals surface area (Å²) in [6.07, 6.45) is 1.68. The molecule has 4 heterocycles. The van der Waals surface area contributed by atoms with E-state index in [1.165, 1.54) is 27.7 Å². The minimum atomic E-state index is -0.831. The van der Waals surface area contributed by atoms with Gasteiger partial charge in [0.2, 0.25) is 0 Å². The molecule has 0 fully saturated rings. The maximum Gasteiger partial charge on any atom is 0.338 e. The molecule has 0 bridgehead atoms. The van der Waals surface area contributed by atoms with Crippen molar-refractivity contribution in [3.05, 3.63) is 95.3 Å². The number of rotatable bonds is 9. The average molecular weight is 696 g/mol. The van der Waals surface area contributed by atoms with Crippen LogP contribution in [0.2, 0.25) is 0 Å². The molecule has 0 amide bonds. The van der Waals surface area contributed by atoms with Gasteiger partial charge < -0.3 is 23.6 Å². The van der Waals surface area contributed by atoms with Gasteiger partial charge >= 0.3 is 5.97 Å². The van der Waals surface area contributed by atoms with Crippen LogP contribution in [-0.4, -0.2) is 40.8 Å². The zero-order valence-corrected chi connectivity index (χ0v) is 27.4. The number of thiazole rings is 1. The summed E-state index contributed by atoms with van der Waals surface area (Å²) < 4.78 is 25.3. The number of ether oxygens (including phenoxy) is 3. The molecule has 0 saturated carbocycles. The molecule has 13 heteroatoms. The predicted molar refractivity (Wildman–Crippen MR) is 171 cm³/mol. The van der Waals surface area contributed by atoms with Gasteiger partial charge in [0.25, 0.3) is 5.56 Å². The highest BCUT2D eigenvalue weighted by atomic mass is 79.9. The number of aromatic amines is 1. The van der Waals surface area contributed by atoms with Crippen LogP contribution in [0.25, 0.3) is 17.1 Å². The first-order chi connectivity index (χ1) is 21.3. The Morgan fingerprint density at radius 2 is 2.00 bits per heavy atom. The minimum Gasteiger partial charge on any atom is -0.493 e. The average Bonchev–Trinajstić information content (AvgIpc) is 3.70. The second kappa shape index (κ2) is 12.5. The molecule has 1 N–H and O–H groups in total. The lowest BCUT2D eigenvalue weighted by Crippen LogP contribution is -2.40. The van der Waals surface area contributed by atoms with Gasteiger partial charge in [-0.05, 0) is 74.5 Å². The van der Waals surface area contributed by atoms with Crippen molar-refractivity contribution in [3.8, 4) is 11.5 Å². The number of halogens is 1. The maximum atomic E-state index is 14.0. The number of benzene rings is 2. The highest BCUT2D eigenvalue weighted by Crippen LogP contribution is 2.41.